The van der Waals surface area contributed by atoms with Crippen LogP contribution in [0.15, 0.2) is 24.3 Å². The van der Waals surface area contributed by atoms with Gasteiger partial charge in [-0.3, -0.25) is 4.79 Å². The molecule has 3 rings (SSSR count). The Balaban J connectivity index is 1.84. The summed E-state index contributed by atoms with van der Waals surface area (Å²) in [7, 11) is 1.39. The van der Waals surface area contributed by atoms with E-state index in [9.17, 15) is 18.0 Å². The number of aromatic nitrogens is 1. The van der Waals surface area contributed by atoms with Crippen LogP contribution >= 0.6 is 0 Å². The van der Waals surface area contributed by atoms with E-state index in [2.05, 4.69) is 24.1 Å². The fourth-order valence-electron chi connectivity index (χ4n) is 5.60. The highest BCUT2D eigenvalue weighted by atomic mass is 19.4. The van der Waals surface area contributed by atoms with E-state index in [1.807, 2.05) is 13.8 Å². The molecular weight excluding hydrogens is 481 g/mol. The van der Waals surface area contributed by atoms with Crippen molar-refractivity contribution >= 4 is 22.7 Å². The zero-order valence-electron chi connectivity index (χ0n) is 22.7. The number of methoxy groups -OCH3 is 1. The van der Waals surface area contributed by atoms with Crippen molar-refractivity contribution in [3.63, 3.8) is 0 Å². The first kappa shape index (κ1) is 29.1. The Bertz CT molecular complexity index is 1030. The summed E-state index contributed by atoms with van der Waals surface area (Å²) in [6, 6.07) is 6.13. The Morgan fingerprint density at radius 1 is 1.08 bits per heavy atom. The maximum atomic E-state index is 14.2. The van der Waals surface area contributed by atoms with Crippen LogP contribution in [0.25, 0.3) is 10.9 Å². The van der Waals surface area contributed by atoms with Gasteiger partial charge in [0, 0.05) is 11.4 Å². The fraction of sp³-hybridized carbons (Fsp3) is 0.655. The lowest BCUT2D eigenvalue weighted by Crippen LogP contribution is -2.31. The highest BCUT2D eigenvalue weighted by molar-refractivity contribution is 5.86. The van der Waals surface area contributed by atoms with Crippen LogP contribution in [0.1, 0.15) is 84.6 Å². The van der Waals surface area contributed by atoms with E-state index in [1.54, 1.807) is 12.1 Å². The van der Waals surface area contributed by atoms with E-state index in [1.165, 1.54) is 19.2 Å². The molecule has 0 saturated heterocycles. The minimum Gasteiger partial charge on any atom is -0.490 e. The zero-order valence-corrected chi connectivity index (χ0v) is 22.7. The highest BCUT2D eigenvalue weighted by Crippen LogP contribution is 2.42. The summed E-state index contributed by atoms with van der Waals surface area (Å²) in [5, 5.41) is 3.45. The van der Waals surface area contributed by atoms with Gasteiger partial charge in [-0.15, -0.1) is 0 Å². The van der Waals surface area contributed by atoms with Crippen molar-refractivity contribution in [3.8, 4) is 5.75 Å². The minimum atomic E-state index is -4.56. The van der Waals surface area contributed by atoms with E-state index in [0.717, 1.165) is 44.9 Å². The molecule has 0 radical (unpaired) electrons. The van der Waals surface area contributed by atoms with Crippen LogP contribution in [0, 0.1) is 17.8 Å². The first-order chi connectivity index (χ1) is 17.6. The molecule has 1 fully saturated rings. The molecule has 8 heteroatoms. The third-order valence-electron chi connectivity index (χ3n) is 7.91. The average molecular weight is 523 g/mol. The van der Waals surface area contributed by atoms with Gasteiger partial charge in [0.05, 0.1) is 24.6 Å². The molecule has 1 aromatic heterocycles. The van der Waals surface area contributed by atoms with Crippen molar-refractivity contribution in [1.29, 1.82) is 0 Å². The zero-order chi connectivity index (χ0) is 27.2. The molecule has 0 bridgehead atoms. The number of esters is 1. The molecule has 0 spiro atoms. The number of nitrogens with one attached hydrogen (secondary N) is 1. The summed E-state index contributed by atoms with van der Waals surface area (Å²) >= 11 is 0. The summed E-state index contributed by atoms with van der Waals surface area (Å²) in [6.07, 6.45) is 2.16. The van der Waals surface area contributed by atoms with Gasteiger partial charge in [-0.05, 0) is 74.6 Å². The lowest BCUT2D eigenvalue weighted by Gasteiger charge is -2.29. The number of fused-ring (bicyclic) bond motifs is 1. The summed E-state index contributed by atoms with van der Waals surface area (Å²) in [6.45, 7) is 8.12. The number of rotatable bonds is 11. The molecule has 206 valence electrons. The number of benzene rings is 1. The number of anilines is 1. The van der Waals surface area contributed by atoms with Crippen LogP contribution < -0.4 is 10.1 Å². The Hall–Kier alpha value is -2.51. The number of ether oxygens (including phenoxy) is 2. The van der Waals surface area contributed by atoms with Crippen molar-refractivity contribution in [1.82, 2.24) is 4.98 Å². The summed E-state index contributed by atoms with van der Waals surface area (Å²) in [5.74, 6) is 0.742. The van der Waals surface area contributed by atoms with Gasteiger partial charge in [0.15, 0.2) is 0 Å². The molecule has 1 heterocycles. The summed E-state index contributed by atoms with van der Waals surface area (Å²) in [4.78, 5) is 16.5. The van der Waals surface area contributed by atoms with E-state index >= 15 is 0 Å². The van der Waals surface area contributed by atoms with Crippen LogP contribution in [-0.2, 0) is 15.7 Å². The van der Waals surface area contributed by atoms with Crippen molar-refractivity contribution in [2.45, 2.75) is 97.4 Å². The molecule has 1 saturated carbocycles. The second kappa shape index (κ2) is 12.8. The van der Waals surface area contributed by atoms with Crippen molar-refractivity contribution in [2.75, 3.05) is 12.4 Å². The third-order valence-corrected chi connectivity index (χ3v) is 7.91. The molecular formula is C29H41F3N2O3. The Morgan fingerprint density at radius 3 is 2.35 bits per heavy atom. The van der Waals surface area contributed by atoms with E-state index in [4.69, 9.17) is 9.47 Å². The van der Waals surface area contributed by atoms with E-state index in [0.29, 0.717) is 18.2 Å². The molecule has 37 heavy (non-hydrogen) atoms. The van der Waals surface area contributed by atoms with Gasteiger partial charge >= 0.3 is 12.1 Å². The number of hydrogen-bond donors (Lipinski definition) is 1. The second-order valence-corrected chi connectivity index (χ2v) is 10.4. The fourth-order valence-corrected chi connectivity index (χ4v) is 5.60. The second-order valence-electron chi connectivity index (χ2n) is 10.4. The number of carbonyl (C=O) groups is 1. The molecule has 0 aliphatic heterocycles. The largest absolute Gasteiger partial charge is 0.490 e. The van der Waals surface area contributed by atoms with Gasteiger partial charge in [-0.1, -0.05) is 40.5 Å². The molecule has 1 aromatic carbocycles. The molecule has 2 aromatic rings. The first-order valence-electron chi connectivity index (χ1n) is 13.6. The molecule has 0 amide bonds. The van der Waals surface area contributed by atoms with Gasteiger partial charge in [-0.2, -0.15) is 13.2 Å². The quantitative estimate of drug-likeness (QED) is 0.303. The molecule has 1 aliphatic rings. The van der Waals surface area contributed by atoms with Crippen molar-refractivity contribution in [2.24, 2.45) is 17.8 Å². The maximum absolute atomic E-state index is 14.2. The van der Waals surface area contributed by atoms with Crippen molar-refractivity contribution < 1.29 is 27.4 Å². The number of pyridine rings is 1. The lowest BCUT2D eigenvalue weighted by molar-refractivity contribution is -0.145. The Kier molecular flexibility index (Phi) is 10.1. The van der Waals surface area contributed by atoms with Gasteiger partial charge < -0.3 is 14.8 Å². The van der Waals surface area contributed by atoms with Gasteiger partial charge in [0.25, 0.3) is 0 Å². The van der Waals surface area contributed by atoms with E-state index in [-0.39, 0.29) is 46.6 Å². The maximum Gasteiger partial charge on any atom is 0.420 e. The van der Waals surface area contributed by atoms with Crippen LogP contribution in [0.3, 0.4) is 0 Å². The standard InChI is InChI=1S/C29H41F3N2O3/c1-6-19-9-11-21(12-10-19)37-25-15-14-24-22(27(25)29(30,31)32)13-16-26(34-24)33-23(8-3)20(7-2)17-18(4)28(35)36-5/h13-16,18-21,23H,6-12,17H2,1-5H3,(H,33,34). The van der Waals surface area contributed by atoms with Gasteiger partial charge in [0.1, 0.15) is 17.1 Å². The van der Waals surface area contributed by atoms with Crippen LogP contribution in [0.4, 0.5) is 19.0 Å². The minimum absolute atomic E-state index is 0.0185. The molecule has 1 N–H and O–H groups in total. The topological polar surface area (TPSA) is 60.5 Å². The number of alkyl halides is 3. The summed E-state index contributed by atoms with van der Waals surface area (Å²) in [5.41, 5.74) is -0.489. The van der Waals surface area contributed by atoms with Crippen LogP contribution in [-0.4, -0.2) is 30.2 Å². The third kappa shape index (κ3) is 7.29. The summed E-state index contributed by atoms with van der Waals surface area (Å²) < 4.78 is 53.5. The predicted molar refractivity (Wildman–Crippen MR) is 141 cm³/mol. The first-order valence-corrected chi connectivity index (χ1v) is 13.6. The van der Waals surface area contributed by atoms with Gasteiger partial charge in [-0.25, -0.2) is 4.98 Å². The number of nitrogens with zero attached hydrogens (tertiary/aromatic N) is 1. The van der Waals surface area contributed by atoms with Crippen molar-refractivity contribution in [3.05, 3.63) is 29.8 Å². The monoisotopic (exact) mass is 522 g/mol. The number of hydrogen-bond acceptors (Lipinski definition) is 5. The van der Waals surface area contributed by atoms with Crippen LogP contribution in [0.2, 0.25) is 0 Å². The molecule has 5 nitrogen and oxygen atoms in total. The predicted octanol–water partition coefficient (Wildman–Crippen LogP) is 8.02. The normalized spacial score (nSPS) is 20.8. The van der Waals surface area contributed by atoms with E-state index < -0.39 is 11.7 Å². The smallest absolute Gasteiger partial charge is 0.420 e. The van der Waals surface area contributed by atoms with Crippen LogP contribution in [0.5, 0.6) is 5.75 Å². The average Bonchev–Trinajstić information content (AvgIpc) is 2.89. The lowest BCUT2D eigenvalue weighted by atomic mass is 9.86. The Labute approximate surface area is 218 Å². The Morgan fingerprint density at radius 2 is 1.78 bits per heavy atom. The molecule has 1 aliphatic carbocycles. The SMILES string of the molecule is CCC1CCC(Oc2ccc3nc(NC(CC)C(CC)CC(C)C(=O)OC)ccc3c2C(F)(F)F)CC1. The molecule has 3 unspecified atom stereocenters. The number of carbonyl (C=O) groups excluding carboxylic acids is 1. The molecule has 3 atom stereocenters. The van der Waals surface area contributed by atoms with Gasteiger partial charge in [0.2, 0.25) is 0 Å². The number of halogens is 3. The highest BCUT2D eigenvalue weighted by Gasteiger charge is 2.38.